The second-order valence-electron chi connectivity index (χ2n) is 2.71. The Labute approximate surface area is 84.5 Å². The zero-order valence-corrected chi connectivity index (χ0v) is 8.41. The summed E-state index contributed by atoms with van der Waals surface area (Å²) in [4.78, 5) is 0. The molecule has 0 radical (unpaired) electrons. The van der Waals surface area contributed by atoms with Crippen LogP contribution in [0.1, 0.15) is 0 Å². The summed E-state index contributed by atoms with van der Waals surface area (Å²) in [6.45, 7) is 0. The van der Waals surface area contributed by atoms with Crippen molar-refractivity contribution in [1.82, 2.24) is 0 Å². The fraction of sp³-hybridized carbons (Fsp3) is 0. The summed E-state index contributed by atoms with van der Waals surface area (Å²) in [6.07, 6.45) is 1.63. The molecule has 0 fully saturated rings. The predicted molar refractivity (Wildman–Crippen MR) is 56.3 cm³/mol. The van der Waals surface area contributed by atoms with Crippen molar-refractivity contribution in [3.8, 4) is 11.3 Å². The first-order valence-electron chi connectivity index (χ1n) is 3.86. The Morgan fingerprint density at radius 2 is 2.08 bits per heavy atom. The van der Waals surface area contributed by atoms with E-state index < -0.39 is 0 Å². The van der Waals surface area contributed by atoms with Crippen LogP contribution in [0.15, 0.2) is 45.5 Å². The van der Waals surface area contributed by atoms with Gasteiger partial charge in [0.1, 0.15) is 5.76 Å². The summed E-state index contributed by atoms with van der Waals surface area (Å²) >= 11 is 3.38. The lowest BCUT2D eigenvalue weighted by Gasteiger charge is -2.02. The minimum Gasteiger partial charge on any atom is -0.464 e. The number of nitrogens with two attached hydrogens (primary N) is 1. The number of furan rings is 1. The molecule has 0 aliphatic carbocycles. The molecule has 0 amide bonds. The molecule has 2 nitrogen and oxygen atoms in total. The van der Waals surface area contributed by atoms with Crippen molar-refractivity contribution >= 4 is 21.6 Å². The van der Waals surface area contributed by atoms with Gasteiger partial charge in [-0.1, -0.05) is 15.9 Å². The third-order valence-corrected chi connectivity index (χ3v) is 2.30. The van der Waals surface area contributed by atoms with Crippen molar-refractivity contribution in [2.45, 2.75) is 0 Å². The van der Waals surface area contributed by atoms with Gasteiger partial charge in [0, 0.05) is 15.7 Å². The van der Waals surface area contributed by atoms with Crippen molar-refractivity contribution < 1.29 is 4.42 Å². The third-order valence-electron chi connectivity index (χ3n) is 1.80. The van der Waals surface area contributed by atoms with E-state index in [1.54, 1.807) is 6.26 Å². The zero-order chi connectivity index (χ0) is 9.26. The highest BCUT2D eigenvalue weighted by Gasteiger charge is 2.04. The Hall–Kier alpha value is -1.22. The number of hydrogen-bond donors (Lipinski definition) is 1. The van der Waals surface area contributed by atoms with E-state index in [-0.39, 0.29) is 0 Å². The average molecular weight is 238 g/mol. The number of halogens is 1. The molecule has 0 spiro atoms. The van der Waals surface area contributed by atoms with Crippen molar-refractivity contribution in [2.75, 3.05) is 5.73 Å². The van der Waals surface area contributed by atoms with E-state index in [9.17, 15) is 0 Å². The van der Waals surface area contributed by atoms with E-state index in [0.717, 1.165) is 21.5 Å². The Morgan fingerprint density at radius 1 is 1.23 bits per heavy atom. The Balaban J connectivity index is 2.57. The van der Waals surface area contributed by atoms with Crippen molar-refractivity contribution in [3.63, 3.8) is 0 Å². The first kappa shape index (κ1) is 8.38. The summed E-state index contributed by atoms with van der Waals surface area (Å²) in [5.74, 6) is 0.791. The van der Waals surface area contributed by atoms with Gasteiger partial charge in [0.15, 0.2) is 0 Å². The molecule has 3 heteroatoms. The monoisotopic (exact) mass is 237 g/mol. The Kier molecular flexibility index (Phi) is 2.10. The van der Waals surface area contributed by atoms with E-state index in [2.05, 4.69) is 15.9 Å². The molecule has 2 aromatic rings. The first-order chi connectivity index (χ1) is 6.27. The van der Waals surface area contributed by atoms with E-state index in [1.165, 1.54) is 0 Å². The highest BCUT2D eigenvalue weighted by molar-refractivity contribution is 9.10. The van der Waals surface area contributed by atoms with Crippen molar-refractivity contribution in [2.24, 2.45) is 0 Å². The van der Waals surface area contributed by atoms with Gasteiger partial charge in [-0.2, -0.15) is 0 Å². The molecule has 0 saturated carbocycles. The van der Waals surface area contributed by atoms with Gasteiger partial charge in [-0.05, 0) is 30.3 Å². The summed E-state index contributed by atoms with van der Waals surface area (Å²) in [6, 6.07) is 9.42. The molecule has 66 valence electrons. The predicted octanol–water partition coefficient (Wildman–Crippen LogP) is 3.29. The Morgan fingerprint density at radius 3 is 2.77 bits per heavy atom. The largest absolute Gasteiger partial charge is 0.464 e. The number of rotatable bonds is 1. The number of hydrogen-bond acceptors (Lipinski definition) is 2. The molecule has 1 aromatic carbocycles. The smallest absolute Gasteiger partial charge is 0.135 e. The maximum atomic E-state index is 5.80. The van der Waals surface area contributed by atoms with Crippen LogP contribution >= 0.6 is 15.9 Å². The van der Waals surface area contributed by atoms with Crippen LogP contribution in [0.25, 0.3) is 11.3 Å². The number of nitrogen functional groups attached to an aromatic ring is 1. The van der Waals surface area contributed by atoms with E-state index in [4.69, 9.17) is 10.2 Å². The molecular weight excluding hydrogens is 230 g/mol. The molecule has 1 aromatic heterocycles. The quantitative estimate of drug-likeness (QED) is 0.774. The van der Waals surface area contributed by atoms with Gasteiger partial charge in [0.2, 0.25) is 0 Å². The number of anilines is 1. The Bertz CT molecular complexity index is 409. The molecule has 0 atom stereocenters. The summed E-state index contributed by atoms with van der Waals surface area (Å²) in [7, 11) is 0. The zero-order valence-electron chi connectivity index (χ0n) is 6.83. The van der Waals surface area contributed by atoms with Crippen LogP contribution in [0.3, 0.4) is 0 Å². The summed E-state index contributed by atoms with van der Waals surface area (Å²) in [5.41, 5.74) is 7.44. The average Bonchev–Trinajstić information content (AvgIpc) is 2.61. The van der Waals surface area contributed by atoms with E-state index >= 15 is 0 Å². The highest BCUT2D eigenvalue weighted by atomic mass is 79.9. The highest BCUT2D eigenvalue weighted by Crippen LogP contribution is 2.28. The van der Waals surface area contributed by atoms with Crippen LogP contribution in [0.5, 0.6) is 0 Å². The van der Waals surface area contributed by atoms with Crippen LogP contribution in [-0.4, -0.2) is 0 Å². The minimum absolute atomic E-state index is 0.721. The topological polar surface area (TPSA) is 39.2 Å². The van der Waals surface area contributed by atoms with Gasteiger partial charge in [0.05, 0.1) is 6.26 Å². The van der Waals surface area contributed by atoms with Crippen LogP contribution in [0.4, 0.5) is 5.69 Å². The second kappa shape index (κ2) is 3.26. The van der Waals surface area contributed by atoms with Crippen molar-refractivity contribution in [3.05, 3.63) is 41.1 Å². The van der Waals surface area contributed by atoms with Crippen LogP contribution in [-0.2, 0) is 0 Å². The first-order valence-corrected chi connectivity index (χ1v) is 4.65. The standard InChI is InChI=1S/C10H8BrNO/c11-7-3-4-9(12)8(6-7)10-2-1-5-13-10/h1-6H,12H2. The van der Waals surface area contributed by atoms with Gasteiger partial charge in [0.25, 0.3) is 0 Å². The minimum atomic E-state index is 0.721. The van der Waals surface area contributed by atoms with Gasteiger partial charge < -0.3 is 10.2 Å². The molecule has 2 N–H and O–H groups in total. The molecule has 0 unspecified atom stereocenters. The lowest BCUT2D eigenvalue weighted by molar-refractivity contribution is 0.582. The van der Waals surface area contributed by atoms with Gasteiger partial charge in [-0.3, -0.25) is 0 Å². The van der Waals surface area contributed by atoms with Gasteiger partial charge in [-0.15, -0.1) is 0 Å². The number of benzene rings is 1. The fourth-order valence-electron chi connectivity index (χ4n) is 1.17. The molecule has 0 saturated heterocycles. The van der Waals surface area contributed by atoms with Gasteiger partial charge >= 0.3 is 0 Å². The van der Waals surface area contributed by atoms with Crippen molar-refractivity contribution in [1.29, 1.82) is 0 Å². The molecule has 2 rings (SSSR count). The molecule has 0 aliphatic heterocycles. The lowest BCUT2D eigenvalue weighted by Crippen LogP contribution is -1.88. The SMILES string of the molecule is Nc1ccc(Br)cc1-c1ccco1. The van der Waals surface area contributed by atoms with Gasteiger partial charge in [-0.25, -0.2) is 0 Å². The molecule has 0 aliphatic rings. The summed E-state index contributed by atoms with van der Waals surface area (Å²) < 4.78 is 6.25. The van der Waals surface area contributed by atoms with Crippen LogP contribution < -0.4 is 5.73 Å². The maximum Gasteiger partial charge on any atom is 0.135 e. The van der Waals surface area contributed by atoms with Crippen LogP contribution in [0.2, 0.25) is 0 Å². The van der Waals surface area contributed by atoms with E-state index in [1.807, 2.05) is 30.3 Å². The lowest BCUT2D eigenvalue weighted by atomic mass is 10.1. The third kappa shape index (κ3) is 1.60. The maximum absolute atomic E-state index is 5.80. The summed E-state index contributed by atoms with van der Waals surface area (Å²) in [5, 5.41) is 0. The molecule has 0 bridgehead atoms. The normalized spacial score (nSPS) is 10.2. The van der Waals surface area contributed by atoms with E-state index in [0.29, 0.717) is 0 Å². The second-order valence-corrected chi connectivity index (χ2v) is 3.62. The molecular formula is C10H8BrNO. The molecule has 13 heavy (non-hydrogen) atoms. The van der Waals surface area contributed by atoms with Crippen LogP contribution in [0, 0.1) is 0 Å². The molecule has 1 heterocycles. The fourth-order valence-corrected chi connectivity index (χ4v) is 1.53.